The van der Waals surface area contributed by atoms with Crippen LogP contribution in [-0.4, -0.2) is 16.8 Å². The van der Waals surface area contributed by atoms with E-state index in [4.69, 9.17) is 5.73 Å². The summed E-state index contributed by atoms with van der Waals surface area (Å²) < 4.78 is 0. The number of benzene rings is 2. The Morgan fingerprint density at radius 1 is 0.960 bits per heavy atom. The first-order valence-corrected chi connectivity index (χ1v) is 8.92. The largest absolute Gasteiger partial charge is 0.334 e. The van der Waals surface area contributed by atoms with Gasteiger partial charge in [0.05, 0.1) is 0 Å². The third-order valence-corrected chi connectivity index (χ3v) is 5.55. The van der Waals surface area contributed by atoms with Crippen molar-refractivity contribution in [3.8, 4) is 11.1 Å². The van der Waals surface area contributed by atoms with Crippen molar-refractivity contribution in [1.82, 2.24) is 4.90 Å². The molecule has 0 bridgehead atoms. The van der Waals surface area contributed by atoms with E-state index in [1.165, 1.54) is 22.3 Å². The first-order valence-electron chi connectivity index (χ1n) is 8.92. The molecular weight excluding hydrogens is 332 g/mol. The topological polar surface area (TPSA) is 46.3 Å². The fourth-order valence-corrected chi connectivity index (χ4v) is 4.16. The highest BCUT2D eigenvalue weighted by Crippen LogP contribution is 2.34. The number of rotatable bonds is 2. The minimum atomic E-state index is 0. The predicted molar refractivity (Wildman–Crippen MR) is 103 cm³/mol. The van der Waals surface area contributed by atoms with Gasteiger partial charge in [-0.3, -0.25) is 4.79 Å². The molecule has 1 heterocycles. The predicted octanol–water partition coefficient (Wildman–Crippen LogP) is 4.14. The van der Waals surface area contributed by atoms with Crippen LogP contribution in [0.25, 0.3) is 11.1 Å². The van der Waals surface area contributed by atoms with Gasteiger partial charge in [0, 0.05) is 25.6 Å². The van der Waals surface area contributed by atoms with Crippen molar-refractivity contribution in [2.75, 3.05) is 0 Å². The summed E-state index contributed by atoms with van der Waals surface area (Å²) in [5.41, 5.74) is 11.1. The maximum atomic E-state index is 12.9. The van der Waals surface area contributed by atoms with Crippen LogP contribution in [0.3, 0.4) is 0 Å². The van der Waals surface area contributed by atoms with Crippen molar-refractivity contribution in [3.63, 3.8) is 0 Å². The van der Waals surface area contributed by atoms with Crippen LogP contribution < -0.4 is 5.73 Å². The number of hydrogen-bond acceptors (Lipinski definition) is 2. The number of nitrogens with zero attached hydrogens (tertiary/aromatic N) is 1. The maximum Gasteiger partial charge on any atom is 0.223 e. The molecule has 25 heavy (non-hydrogen) atoms. The van der Waals surface area contributed by atoms with E-state index in [2.05, 4.69) is 48.5 Å². The van der Waals surface area contributed by atoms with E-state index in [1.807, 2.05) is 4.90 Å². The van der Waals surface area contributed by atoms with E-state index in [0.29, 0.717) is 25.4 Å². The van der Waals surface area contributed by atoms with Gasteiger partial charge in [-0.1, -0.05) is 55.0 Å². The van der Waals surface area contributed by atoms with Crippen molar-refractivity contribution in [3.05, 3.63) is 59.7 Å². The van der Waals surface area contributed by atoms with Crippen LogP contribution in [0.2, 0.25) is 0 Å². The van der Waals surface area contributed by atoms with Gasteiger partial charge in [0.2, 0.25) is 5.91 Å². The molecule has 0 spiro atoms. The molecule has 2 aromatic carbocycles. The number of hydrogen-bond donors (Lipinski definition) is 1. The molecule has 0 unspecified atom stereocenters. The summed E-state index contributed by atoms with van der Waals surface area (Å²) in [6.07, 6.45) is 3.90. The van der Waals surface area contributed by atoms with Crippen molar-refractivity contribution < 1.29 is 4.79 Å². The molecule has 2 aromatic rings. The molecule has 1 aliphatic carbocycles. The Hall–Kier alpha value is -1.84. The molecule has 2 atom stereocenters. The lowest BCUT2D eigenvalue weighted by molar-refractivity contribution is -0.133. The molecule has 2 aliphatic rings. The smallest absolute Gasteiger partial charge is 0.223 e. The Kier molecular flexibility index (Phi) is 5.45. The second kappa shape index (κ2) is 7.59. The Balaban J connectivity index is 0.00000182. The van der Waals surface area contributed by atoms with E-state index in [1.54, 1.807) is 0 Å². The fraction of sp³-hybridized carbons (Fsp3) is 0.381. The zero-order chi connectivity index (χ0) is 16.5. The van der Waals surface area contributed by atoms with Gasteiger partial charge in [0.15, 0.2) is 0 Å². The highest BCUT2D eigenvalue weighted by Gasteiger charge is 2.29. The summed E-state index contributed by atoms with van der Waals surface area (Å²) in [5, 5.41) is 0. The van der Waals surface area contributed by atoms with Crippen LogP contribution in [-0.2, 0) is 17.9 Å². The monoisotopic (exact) mass is 356 g/mol. The molecule has 2 N–H and O–H groups in total. The lowest BCUT2D eigenvalue weighted by atomic mass is 9.97. The average Bonchev–Trinajstić information content (AvgIpc) is 2.92. The van der Waals surface area contributed by atoms with E-state index in [-0.39, 0.29) is 24.4 Å². The Bertz CT molecular complexity index is 714. The third-order valence-electron chi connectivity index (χ3n) is 5.55. The van der Waals surface area contributed by atoms with Gasteiger partial charge in [0.1, 0.15) is 0 Å². The number of halogens is 1. The average molecular weight is 357 g/mol. The molecule has 1 fully saturated rings. The van der Waals surface area contributed by atoms with Gasteiger partial charge >= 0.3 is 0 Å². The number of carbonyl (C=O) groups is 1. The molecule has 132 valence electrons. The third kappa shape index (κ3) is 3.58. The van der Waals surface area contributed by atoms with E-state index < -0.39 is 0 Å². The molecule has 4 rings (SSSR count). The summed E-state index contributed by atoms with van der Waals surface area (Å²) >= 11 is 0. The van der Waals surface area contributed by atoms with Crippen molar-refractivity contribution in [1.29, 1.82) is 0 Å². The molecule has 0 radical (unpaired) electrons. The van der Waals surface area contributed by atoms with Gasteiger partial charge in [-0.05, 0) is 41.0 Å². The van der Waals surface area contributed by atoms with Gasteiger partial charge in [0.25, 0.3) is 0 Å². The Morgan fingerprint density at radius 3 is 2.04 bits per heavy atom. The molecule has 0 aromatic heterocycles. The summed E-state index contributed by atoms with van der Waals surface area (Å²) in [4.78, 5) is 15.0. The van der Waals surface area contributed by atoms with E-state index in [0.717, 1.165) is 19.3 Å². The number of carbonyl (C=O) groups excluding carboxylic acids is 1. The van der Waals surface area contributed by atoms with Crippen LogP contribution in [0, 0.1) is 5.92 Å². The number of nitrogens with two attached hydrogens (primary N) is 1. The zero-order valence-electron chi connectivity index (χ0n) is 14.4. The minimum absolute atomic E-state index is 0. The summed E-state index contributed by atoms with van der Waals surface area (Å²) in [6, 6.07) is 17.1. The molecule has 1 amide bonds. The number of fused-ring (bicyclic) bond motifs is 3. The second-order valence-electron chi connectivity index (χ2n) is 7.12. The first kappa shape index (κ1) is 18.0. The SMILES string of the molecule is Cl.N[C@@H]1CCC[C@H]1CC(=O)N1Cc2ccccc2-c2ccccc2C1. The molecular formula is C21H25ClN2O. The highest BCUT2D eigenvalue weighted by molar-refractivity contribution is 5.85. The highest BCUT2D eigenvalue weighted by atomic mass is 35.5. The van der Waals surface area contributed by atoms with Crippen LogP contribution in [0.4, 0.5) is 0 Å². The number of amides is 1. The molecule has 4 heteroatoms. The van der Waals surface area contributed by atoms with Crippen LogP contribution in [0.5, 0.6) is 0 Å². The van der Waals surface area contributed by atoms with Gasteiger partial charge < -0.3 is 10.6 Å². The quantitative estimate of drug-likeness (QED) is 0.879. The lowest BCUT2D eigenvalue weighted by Gasteiger charge is -2.24. The van der Waals surface area contributed by atoms with Crippen LogP contribution in [0.1, 0.15) is 36.8 Å². The molecule has 1 saturated carbocycles. The summed E-state index contributed by atoms with van der Waals surface area (Å²) in [6.45, 7) is 1.37. The molecule has 3 nitrogen and oxygen atoms in total. The van der Waals surface area contributed by atoms with E-state index in [9.17, 15) is 4.79 Å². The Labute approximate surface area is 155 Å². The standard InChI is InChI=1S/C21H24N2O.ClH/c22-20-11-5-8-15(20)12-21(24)23-13-16-6-1-3-9-18(16)19-10-4-2-7-17(19)14-23;/h1-4,6-7,9-10,15,20H,5,8,11-14,22H2;1H/t15-,20+;/m0./s1. The lowest BCUT2D eigenvalue weighted by Crippen LogP contribution is -2.34. The normalized spacial score (nSPS) is 21.7. The van der Waals surface area contributed by atoms with Gasteiger partial charge in [-0.2, -0.15) is 0 Å². The zero-order valence-corrected chi connectivity index (χ0v) is 15.2. The molecule has 1 aliphatic heterocycles. The van der Waals surface area contributed by atoms with Crippen molar-refractivity contribution >= 4 is 18.3 Å². The van der Waals surface area contributed by atoms with Crippen LogP contribution in [0.15, 0.2) is 48.5 Å². The minimum Gasteiger partial charge on any atom is -0.334 e. The fourth-order valence-electron chi connectivity index (χ4n) is 4.16. The summed E-state index contributed by atoms with van der Waals surface area (Å²) in [5.74, 6) is 0.593. The second-order valence-corrected chi connectivity index (χ2v) is 7.12. The van der Waals surface area contributed by atoms with E-state index >= 15 is 0 Å². The molecule has 0 saturated heterocycles. The van der Waals surface area contributed by atoms with Crippen molar-refractivity contribution in [2.45, 2.75) is 44.8 Å². The van der Waals surface area contributed by atoms with Gasteiger partial charge in [-0.15, -0.1) is 12.4 Å². The maximum absolute atomic E-state index is 12.9. The van der Waals surface area contributed by atoms with Crippen molar-refractivity contribution in [2.24, 2.45) is 11.7 Å². The van der Waals surface area contributed by atoms with Gasteiger partial charge in [-0.25, -0.2) is 0 Å². The summed E-state index contributed by atoms with van der Waals surface area (Å²) in [7, 11) is 0. The first-order chi connectivity index (χ1) is 11.7. The van der Waals surface area contributed by atoms with Crippen LogP contribution >= 0.6 is 12.4 Å². The Morgan fingerprint density at radius 2 is 1.52 bits per heavy atom.